The van der Waals surface area contributed by atoms with E-state index < -0.39 is 0 Å². The maximum atomic E-state index is 6.18. The summed E-state index contributed by atoms with van der Waals surface area (Å²) in [5, 5.41) is 5.02. The molecule has 0 fully saturated rings. The van der Waals surface area contributed by atoms with Crippen LogP contribution >= 0.6 is 22.9 Å². The highest BCUT2D eigenvalue weighted by molar-refractivity contribution is 7.15. The first-order chi connectivity index (χ1) is 9.56. The fourth-order valence-electron chi connectivity index (χ4n) is 2.13. The molecule has 2 rings (SSSR count). The molecule has 5 heteroatoms. The molecule has 2 aromatic rings. The molecule has 1 aromatic carbocycles. The van der Waals surface area contributed by atoms with E-state index in [1.165, 1.54) is 4.88 Å². The number of ether oxygens (including phenoxy) is 1. The van der Waals surface area contributed by atoms with E-state index in [2.05, 4.69) is 24.1 Å². The molecule has 1 atom stereocenters. The molecule has 0 radical (unpaired) electrons. The summed E-state index contributed by atoms with van der Waals surface area (Å²) in [4.78, 5) is 5.93. The lowest BCUT2D eigenvalue weighted by atomic mass is 10.2. The third kappa shape index (κ3) is 3.14. The second kappa shape index (κ2) is 6.57. The fraction of sp³-hybridized carbons (Fsp3) is 0.400. The summed E-state index contributed by atoms with van der Waals surface area (Å²) in [6.07, 6.45) is 0. The lowest BCUT2D eigenvalue weighted by molar-refractivity contribution is 0.415. The quantitative estimate of drug-likeness (QED) is 0.886. The van der Waals surface area contributed by atoms with E-state index in [1.54, 1.807) is 18.4 Å². The molecule has 0 spiro atoms. The SMILES string of the molecule is CCNC(C)c1sc(-c2ccc(OC)c(Cl)c2)nc1C. The Labute approximate surface area is 129 Å². The number of hydrogen-bond acceptors (Lipinski definition) is 4. The van der Waals surface area contributed by atoms with Crippen molar-refractivity contribution in [1.82, 2.24) is 10.3 Å². The topological polar surface area (TPSA) is 34.1 Å². The molecular weight excluding hydrogens is 292 g/mol. The second-order valence-corrected chi connectivity index (χ2v) is 6.04. The highest BCUT2D eigenvalue weighted by Gasteiger charge is 2.15. The Bertz CT molecular complexity index is 598. The van der Waals surface area contributed by atoms with Crippen LogP contribution in [0.4, 0.5) is 0 Å². The average Bonchev–Trinajstić information content (AvgIpc) is 2.81. The van der Waals surface area contributed by atoms with Gasteiger partial charge in [0.2, 0.25) is 0 Å². The number of methoxy groups -OCH3 is 1. The smallest absolute Gasteiger partial charge is 0.137 e. The van der Waals surface area contributed by atoms with Gasteiger partial charge in [-0.05, 0) is 38.6 Å². The Morgan fingerprint density at radius 2 is 2.20 bits per heavy atom. The lowest BCUT2D eigenvalue weighted by Gasteiger charge is -2.09. The minimum absolute atomic E-state index is 0.319. The van der Waals surface area contributed by atoms with Crippen LogP contribution in [0.25, 0.3) is 10.6 Å². The van der Waals surface area contributed by atoms with Gasteiger partial charge in [0.05, 0.1) is 17.8 Å². The van der Waals surface area contributed by atoms with E-state index in [4.69, 9.17) is 16.3 Å². The van der Waals surface area contributed by atoms with Gasteiger partial charge >= 0.3 is 0 Å². The van der Waals surface area contributed by atoms with E-state index in [0.717, 1.165) is 22.8 Å². The number of nitrogens with zero attached hydrogens (tertiary/aromatic N) is 1. The van der Waals surface area contributed by atoms with Crippen molar-refractivity contribution in [2.45, 2.75) is 26.8 Å². The second-order valence-electron chi connectivity index (χ2n) is 4.60. The minimum atomic E-state index is 0.319. The predicted octanol–water partition coefficient (Wildman–Crippen LogP) is 4.45. The summed E-state index contributed by atoms with van der Waals surface area (Å²) in [5.41, 5.74) is 2.10. The highest BCUT2D eigenvalue weighted by Crippen LogP contribution is 2.35. The van der Waals surface area contributed by atoms with Crippen molar-refractivity contribution in [2.75, 3.05) is 13.7 Å². The number of aryl methyl sites for hydroxylation is 1. The average molecular weight is 311 g/mol. The molecule has 1 heterocycles. The van der Waals surface area contributed by atoms with Crippen molar-refractivity contribution in [3.05, 3.63) is 33.8 Å². The summed E-state index contributed by atoms with van der Waals surface area (Å²) in [6, 6.07) is 6.09. The van der Waals surface area contributed by atoms with E-state index in [1.807, 2.05) is 25.1 Å². The molecule has 0 saturated carbocycles. The molecule has 0 amide bonds. The highest BCUT2D eigenvalue weighted by atomic mass is 35.5. The van der Waals surface area contributed by atoms with Gasteiger partial charge in [0.15, 0.2) is 0 Å². The predicted molar refractivity (Wildman–Crippen MR) is 85.9 cm³/mol. The van der Waals surface area contributed by atoms with Crippen LogP contribution in [0, 0.1) is 6.92 Å². The van der Waals surface area contributed by atoms with Crippen molar-refractivity contribution in [2.24, 2.45) is 0 Å². The van der Waals surface area contributed by atoms with Crippen molar-refractivity contribution in [3.8, 4) is 16.3 Å². The van der Waals surface area contributed by atoms with E-state index in [9.17, 15) is 0 Å². The van der Waals surface area contributed by atoms with Gasteiger partial charge in [-0.15, -0.1) is 11.3 Å². The minimum Gasteiger partial charge on any atom is -0.495 e. The van der Waals surface area contributed by atoms with Crippen LogP contribution in [-0.4, -0.2) is 18.6 Å². The molecule has 1 N–H and O–H groups in total. The van der Waals surface area contributed by atoms with Crippen LogP contribution in [0.1, 0.15) is 30.5 Å². The van der Waals surface area contributed by atoms with Crippen LogP contribution in [0.3, 0.4) is 0 Å². The molecular formula is C15H19ClN2OS. The summed E-state index contributed by atoms with van der Waals surface area (Å²) in [7, 11) is 1.62. The van der Waals surface area contributed by atoms with Crippen molar-refractivity contribution in [1.29, 1.82) is 0 Å². The fourth-order valence-corrected chi connectivity index (χ4v) is 3.48. The van der Waals surface area contributed by atoms with Crippen LogP contribution in [-0.2, 0) is 0 Å². The monoisotopic (exact) mass is 310 g/mol. The maximum Gasteiger partial charge on any atom is 0.137 e. The Kier molecular flexibility index (Phi) is 5.02. The van der Waals surface area contributed by atoms with Crippen molar-refractivity contribution in [3.63, 3.8) is 0 Å². The zero-order valence-electron chi connectivity index (χ0n) is 12.2. The molecule has 20 heavy (non-hydrogen) atoms. The Hall–Kier alpha value is -1.10. The summed E-state index contributed by atoms with van der Waals surface area (Å²) in [6.45, 7) is 7.27. The first-order valence-corrected chi connectivity index (χ1v) is 7.80. The largest absolute Gasteiger partial charge is 0.495 e. The zero-order chi connectivity index (χ0) is 14.7. The van der Waals surface area contributed by atoms with Gasteiger partial charge < -0.3 is 10.1 Å². The van der Waals surface area contributed by atoms with Gasteiger partial charge in [-0.1, -0.05) is 18.5 Å². The number of aromatic nitrogens is 1. The first kappa shape index (κ1) is 15.3. The molecule has 0 bridgehead atoms. The molecule has 0 aliphatic rings. The first-order valence-electron chi connectivity index (χ1n) is 6.61. The third-order valence-corrected chi connectivity index (χ3v) is 4.82. The van der Waals surface area contributed by atoms with Gasteiger partial charge in [-0.3, -0.25) is 0 Å². The molecule has 0 saturated heterocycles. The molecule has 0 aliphatic heterocycles. The normalized spacial score (nSPS) is 12.4. The number of halogens is 1. The van der Waals surface area contributed by atoms with Crippen LogP contribution in [0.2, 0.25) is 5.02 Å². The number of benzene rings is 1. The summed E-state index contributed by atoms with van der Waals surface area (Å²) in [5.74, 6) is 0.685. The zero-order valence-corrected chi connectivity index (χ0v) is 13.7. The standard InChI is InChI=1S/C15H19ClN2OS/c1-5-17-9(2)14-10(3)18-15(20-14)11-6-7-13(19-4)12(16)8-11/h6-9,17H,5H2,1-4H3. The van der Waals surface area contributed by atoms with Gasteiger partial charge in [0.25, 0.3) is 0 Å². The number of thiazole rings is 1. The molecule has 1 unspecified atom stereocenters. The van der Waals surface area contributed by atoms with Gasteiger partial charge in [0.1, 0.15) is 10.8 Å². The number of nitrogens with one attached hydrogen (secondary N) is 1. The maximum absolute atomic E-state index is 6.18. The van der Waals surface area contributed by atoms with Crippen molar-refractivity contribution >= 4 is 22.9 Å². The third-order valence-electron chi connectivity index (χ3n) is 3.13. The van der Waals surface area contributed by atoms with Crippen molar-refractivity contribution < 1.29 is 4.74 Å². The molecule has 0 aliphatic carbocycles. The Balaban J connectivity index is 2.34. The molecule has 1 aromatic heterocycles. The van der Waals surface area contributed by atoms with Gasteiger partial charge in [0, 0.05) is 16.5 Å². The van der Waals surface area contributed by atoms with Crippen LogP contribution in [0.5, 0.6) is 5.75 Å². The van der Waals surface area contributed by atoms with E-state index in [0.29, 0.717) is 16.8 Å². The van der Waals surface area contributed by atoms with Crippen LogP contribution in [0.15, 0.2) is 18.2 Å². The lowest BCUT2D eigenvalue weighted by Crippen LogP contribution is -2.17. The van der Waals surface area contributed by atoms with Gasteiger partial charge in [-0.25, -0.2) is 4.98 Å². The number of rotatable bonds is 5. The van der Waals surface area contributed by atoms with Gasteiger partial charge in [-0.2, -0.15) is 0 Å². The summed E-state index contributed by atoms with van der Waals surface area (Å²) >= 11 is 7.89. The summed E-state index contributed by atoms with van der Waals surface area (Å²) < 4.78 is 5.18. The Morgan fingerprint density at radius 1 is 1.45 bits per heavy atom. The van der Waals surface area contributed by atoms with E-state index in [-0.39, 0.29) is 0 Å². The molecule has 3 nitrogen and oxygen atoms in total. The van der Waals surface area contributed by atoms with E-state index >= 15 is 0 Å². The Morgan fingerprint density at radius 3 is 2.80 bits per heavy atom. The van der Waals surface area contributed by atoms with Crippen LogP contribution < -0.4 is 10.1 Å². The number of hydrogen-bond donors (Lipinski definition) is 1. The molecule has 108 valence electrons.